The molecule has 3 amide bonds. The van der Waals surface area contributed by atoms with Gasteiger partial charge in [-0.25, -0.2) is 0 Å². The fourth-order valence-electron chi connectivity index (χ4n) is 3.51. The first-order valence-electron chi connectivity index (χ1n) is 11.5. The molecule has 2 N–H and O–H groups in total. The Hall–Kier alpha value is -3.35. The maximum atomic E-state index is 13.2. The Balaban J connectivity index is 1.96. The molecule has 0 aliphatic carbocycles. The number of amides is 3. The van der Waals surface area contributed by atoms with Crippen molar-refractivity contribution in [3.05, 3.63) is 60.2 Å². The molecule has 0 radical (unpaired) electrons. The second-order valence-corrected chi connectivity index (χ2v) is 7.98. The van der Waals surface area contributed by atoms with Gasteiger partial charge in [0.2, 0.25) is 17.7 Å². The van der Waals surface area contributed by atoms with Gasteiger partial charge in [0.05, 0.1) is 20.2 Å². The van der Waals surface area contributed by atoms with Gasteiger partial charge in [0, 0.05) is 18.2 Å². The number of carbonyl (C=O) groups is 3. The average Bonchev–Trinajstić information content (AvgIpc) is 2.84. The highest BCUT2D eigenvalue weighted by Crippen LogP contribution is 2.18. The number of benzene rings is 2. The van der Waals surface area contributed by atoms with Crippen molar-refractivity contribution in [2.75, 3.05) is 25.5 Å². The summed E-state index contributed by atoms with van der Waals surface area (Å²) in [6.45, 7) is 4.19. The van der Waals surface area contributed by atoms with Crippen LogP contribution >= 0.6 is 0 Å². The van der Waals surface area contributed by atoms with Crippen LogP contribution in [-0.2, 0) is 20.9 Å². The highest BCUT2D eigenvalue weighted by molar-refractivity contribution is 5.95. The van der Waals surface area contributed by atoms with Gasteiger partial charge in [0.15, 0.2) is 0 Å². The molecule has 2 aromatic carbocycles. The number of nitrogens with one attached hydrogen (secondary N) is 2. The normalized spacial score (nSPS) is 11.4. The Morgan fingerprint density at radius 2 is 1.67 bits per heavy atom. The minimum atomic E-state index is -0.366. The lowest BCUT2D eigenvalue weighted by Gasteiger charge is -2.27. The van der Waals surface area contributed by atoms with E-state index in [9.17, 15) is 14.4 Å². The number of ether oxygens (including phenoxy) is 1. The van der Waals surface area contributed by atoms with Crippen molar-refractivity contribution in [1.82, 2.24) is 10.2 Å². The molecule has 0 fully saturated rings. The van der Waals surface area contributed by atoms with E-state index in [1.807, 2.05) is 37.3 Å². The van der Waals surface area contributed by atoms with E-state index in [1.165, 1.54) is 0 Å². The molecule has 0 aliphatic heterocycles. The van der Waals surface area contributed by atoms with E-state index >= 15 is 0 Å². The third-order valence-electron chi connectivity index (χ3n) is 5.43. The lowest BCUT2D eigenvalue weighted by Crippen LogP contribution is -2.44. The maximum Gasteiger partial charge on any atom is 0.243 e. The summed E-state index contributed by atoms with van der Waals surface area (Å²) in [5.74, 6) is -0.153. The number of carbonyl (C=O) groups excluding carboxylic acids is 3. The molecular weight excluding hydrogens is 418 g/mol. The molecule has 0 aromatic heterocycles. The van der Waals surface area contributed by atoms with E-state index in [1.54, 1.807) is 36.3 Å². The van der Waals surface area contributed by atoms with Crippen LogP contribution in [0.15, 0.2) is 54.6 Å². The van der Waals surface area contributed by atoms with Crippen molar-refractivity contribution < 1.29 is 19.1 Å². The van der Waals surface area contributed by atoms with Crippen molar-refractivity contribution in [1.29, 1.82) is 0 Å². The summed E-state index contributed by atoms with van der Waals surface area (Å²) in [7, 11) is 1.57. The molecule has 0 saturated heterocycles. The van der Waals surface area contributed by atoms with Crippen LogP contribution in [0, 0.1) is 5.92 Å². The predicted octanol–water partition coefficient (Wildman–Crippen LogP) is 4.00. The SMILES string of the molecule is CCCCC(CC)C(=O)N(CC(=O)NCC(=O)Nc1ccc(OC)cc1)Cc1ccccc1. The van der Waals surface area contributed by atoms with Crippen LogP contribution in [0.25, 0.3) is 0 Å². The molecule has 1 atom stereocenters. The number of methoxy groups -OCH3 is 1. The summed E-state index contributed by atoms with van der Waals surface area (Å²) in [6.07, 6.45) is 3.53. The third kappa shape index (κ3) is 8.96. The van der Waals surface area contributed by atoms with Crippen LogP contribution in [0.1, 0.15) is 45.1 Å². The summed E-state index contributed by atoms with van der Waals surface area (Å²) in [5.41, 5.74) is 1.57. The Bertz CT molecular complexity index is 884. The minimum absolute atomic E-state index is 0.0207. The van der Waals surface area contributed by atoms with E-state index in [-0.39, 0.29) is 36.7 Å². The fourth-order valence-corrected chi connectivity index (χ4v) is 3.51. The molecule has 0 bridgehead atoms. The number of rotatable bonds is 13. The predicted molar refractivity (Wildman–Crippen MR) is 130 cm³/mol. The number of nitrogens with zero attached hydrogens (tertiary/aromatic N) is 1. The molecule has 0 spiro atoms. The van der Waals surface area contributed by atoms with Gasteiger partial charge >= 0.3 is 0 Å². The second-order valence-electron chi connectivity index (χ2n) is 7.98. The maximum absolute atomic E-state index is 13.2. The van der Waals surface area contributed by atoms with E-state index in [4.69, 9.17) is 4.74 Å². The van der Waals surface area contributed by atoms with Gasteiger partial charge in [0.25, 0.3) is 0 Å². The first kappa shape index (κ1) is 25.9. The van der Waals surface area contributed by atoms with Crippen molar-refractivity contribution in [3.63, 3.8) is 0 Å². The number of unbranched alkanes of at least 4 members (excludes halogenated alkanes) is 1. The molecule has 7 heteroatoms. The van der Waals surface area contributed by atoms with Gasteiger partial charge in [-0.2, -0.15) is 0 Å². The Morgan fingerprint density at radius 1 is 0.970 bits per heavy atom. The lowest BCUT2D eigenvalue weighted by atomic mass is 9.97. The monoisotopic (exact) mass is 453 g/mol. The van der Waals surface area contributed by atoms with E-state index in [0.717, 1.165) is 31.2 Å². The molecule has 33 heavy (non-hydrogen) atoms. The smallest absolute Gasteiger partial charge is 0.243 e. The highest BCUT2D eigenvalue weighted by Gasteiger charge is 2.24. The average molecular weight is 454 g/mol. The first-order chi connectivity index (χ1) is 16.0. The Labute approximate surface area is 196 Å². The van der Waals surface area contributed by atoms with Crippen molar-refractivity contribution in [2.24, 2.45) is 5.92 Å². The number of hydrogen-bond donors (Lipinski definition) is 2. The third-order valence-corrected chi connectivity index (χ3v) is 5.43. The van der Waals surface area contributed by atoms with Crippen molar-refractivity contribution in [3.8, 4) is 5.75 Å². The summed E-state index contributed by atoms with van der Waals surface area (Å²) in [4.78, 5) is 39.6. The molecule has 7 nitrogen and oxygen atoms in total. The molecule has 1 unspecified atom stereocenters. The summed E-state index contributed by atoms with van der Waals surface area (Å²) in [6, 6.07) is 16.5. The van der Waals surface area contributed by atoms with Crippen molar-refractivity contribution >= 4 is 23.4 Å². The molecule has 0 saturated carbocycles. The van der Waals surface area contributed by atoms with Crippen molar-refractivity contribution in [2.45, 2.75) is 46.1 Å². The zero-order valence-corrected chi connectivity index (χ0v) is 19.8. The van der Waals surface area contributed by atoms with Crippen LogP contribution in [0.5, 0.6) is 5.75 Å². The second kappa shape index (κ2) is 13.9. The molecule has 2 aromatic rings. The van der Waals surface area contributed by atoms with Gasteiger partial charge in [-0.1, -0.05) is 57.0 Å². The van der Waals surface area contributed by atoms with Gasteiger partial charge in [-0.3, -0.25) is 14.4 Å². The van der Waals surface area contributed by atoms with E-state index < -0.39 is 0 Å². The number of hydrogen-bond acceptors (Lipinski definition) is 4. The molecule has 178 valence electrons. The van der Waals surface area contributed by atoms with Crippen LogP contribution in [0.3, 0.4) is 0 Å². The van der Waals surface area contributed by atoms with E-state index in [2.05, 4.69) is 17.6 Å². The standard InChI is InChI=1S/C26H35N3O4/c1-4-6-12-21(5-2)26(32)29(18-20-10-8-7-9-11-20)19-25(31)27-17-24(30)28-22-13-15-23(33-3)16-14-22/h7-11,13-16,21H,4-6,12,17-19H2,1-3H3,(H,27,31)(H,28,30). The topological polar surface area (TPSA) is 87.7 Å². The zero-order valence-electron chi connectivity index (χ0n) is 19.8. The van der Waals surface area contributed by atoms with Crippen LogP contribution in [0.2, 0.25) is 0 Å². The zero-order chi connectivity index (χ0) is 24.1. The minimum Gasteiger partial charge on any atom is -0.497 e. The largest absolute Gasteiger partial charge is 0.497 e. The van der Waals surface area contributed by atoms with E-state index in [0.29, 0.717) is 18.0 Å². The summed E-state index contributed by atoms with van der Waals surface area (Å²) >= 11 is 0. The van der Waals surface area contributed by atoms with Gasteiger partial charge in [-0.05, 0) is 42.7 Å². The van der Waals surface area contributed by atoms with Crippen LogP contribution in [0.4, 0.5) is 5.69 Å². The van der Waals surface area contributed by atoms with Crippen LogP contribution < -0.4 is 15.4 Å². The lowest BCUT2D eigenvalue weighted by molar-refractivity contribution is -0.140. The fraction of sp³-hybridized carbons (Fsp3) is 0.423. The molecule has 0 heterocycles. The Morgan fingerprint density at radius 3 is 2.27 bits per heavy atom. The quantitative estimate of drug-likeness (QED) is 0.480. The first-order valence-corrected chi connectivity index (χ1v) is 11.5. The molecule has 0 aliphatic rings. The Kier molecular flexibility index (Phi) is 10.9. The molecule has 2 rings (SSSR count). The number of anilines is 1. The van der Waals surface area contributed by atoms with Gasteiger partial charge in [-0.15, -0.1) is 0 Å². The summed E-state index contributed by atoms with van der Waals surface area (Å²) in [5, 5.41) is 5.35. The highest BCUT2D eigenvalue weighted by atomic mass is 16.5. The van der Waals surface area contributed by atoms with Gasteiger partial charge in [0.1, 0.15) is 5.75 Å². The summed E-state index contributed by atoms with van der Waals surface area (Å²) < 4.78 is 5.10. The van der Waals surface area contributed by atoms with Crippen LogP contribution in [-0.4, -0.2) is 42.8 Å². The molecular formula is C26H35N3O4. The van der Waals surface area contributed by atoms with Gasteiger partial charge < -0.3 is 20.3 Å².